The first-order valence-corrected chi connectivity index (χ1v) is 8.98. The first-order valence-electron chi connectivity index (χ1n) is 8.60. The largest absolute Gasteiger partial charge is 0.490 e. The average molecular weight is 398 g/mol. The first kappa shape index (κ1) is 19.4. The van der Waals surface area contributed by atoms with Crippen molar-refractivity contribution in [3.05, 3.63) is 41.1 Å². The SMILES string of the molecule is O=C(O)CCCOc1c(F)cc(-c2cc(OC3CCC3)cc(Cl)n2)cc1F. The smallest absolute Gasteiger partial charge is 0.303 e. The molecule has 0 saturated heterocycles. The summed E-state index contributed by atoms with van der Waals surface area (Å²) >= 11 is 6.01. The van der Waals surface area contributed by atoms with Crippen LogP contribution in [0.2, 0.25) is 5.15 Å². The number of pyridine rings is 1. The quantitative estimate of drug-likeness (QED) is 0.509. The van der Waals surface area contributed by atoms with E-state index in [9.17, 15) is 13.6 Å². The maximum atomic E-state index is 14.3. The van der Waals surface area contributed by atoms with Gasteiger partial charge in [-0.2, -0.15) is 0 Å². The molecular weight excluding hydrogens is 380 g/mol. The molecular formula is C19H18ClF2NO4. The average Bonchev–Trinajstić information content (AvgIpc) is 2.56. The number of ether oxygens (including phenoxy) is 2. The molecule has 2 aromatic rings. The van der Waals surface area contributed by atoms with Crippen LogP contribution in [0, 0.1) is 11.6 Å². The summed E-state index contributed by atoms with van der Waals surface area (Å²) in [6.45, 7) is -0.103. The lowest BCUT2D eigenvalue weighted by Crippen LogP contribution is -2.24. The van der Waals surface area contributed by atoms with Crippen molar-refractivity contribution in [2.75, 3.05) is 6.61 Å². The van der Waals surface area contributed by atoms with Crippen molar-refractivity contribution in [3.63, 3.8) is 0 Å². The lowest BCUT2D eigenvalue weighted by Gasteiger charge is -2.26. The lowest BCUT2D eigenvalue weighted by atomic mass is 9.96. The highest BCUT2D eigenvalue weighted by molar-refractivity contribution is 6.29. The highest BCUT2D eigenvalue weighted by atomic mass is 35.5. The highest BCUT2D eigenvalue weighted by Crippen LogP contribution is 2.32. The van der Waals surface area contributed by atoms with Gasteiger partial charge in [-0.1, -0.05) is 11.6 Å². The molecule has 8 heteroatoms. The van der Waals surface area contributed by atoms with Crippen molar-refractivity contribution >= 4 is 17.6 Å². The fourth-order valence-electron chi connectivity index (χ4n) is 2.61. The summed E-state index contributed by atoms with van der Waals surface area (Å²) in [5, 5.41) is 8.73. The minimum Gasteiger partial charge on any atom is -0.490 e. The van der Waals surface area contributed by atoms with Crippen LogP contribution in [0.15, 0.2) is 24.3 Å². The van der Waals surface area contributed by atoms with E-state index >= 15 is 0 Å². The number of carboxylic acids is 1. The van der Waals surface area contributed by atoms with Gasteiger partial charge in [0.15, 0.2) is 17.4 Å². The summed E-state index contributed by atoms with van der Waals surface area (Å²) in [6, 6.07) is 5.35. The van der Waals surface area contributed by atoms with Gasteiger partial charge < -0.3 is 14.6 Å². The normalized spacial score (nSPS) is 13.9. The number of halogens is 3. The molecule has 5 nitrogen and oxygen atoms in total. The minimum absolute atomic E-state index is 0.103. The van der Waals surface area contributed by atoms with Crippen LogP contribution in [-0.2, 0) is 4.79 Å². The van der Waals surface area contributed by atoms with Gasteiger partial charge in [0.2, 0.25) is 0 Å². The van der Waals surface area contributed by atoms with E-state index in [0.29, 0.717) is 5.75 Å². The summed E-state index contributed by atoms with van der Waals surface area (Å²) in [5.74, 6) is -2.84. The molecule has 1 fully saturated rings. The summed E-state index contributed by atoms with van der Waals surface area (Å²) in [7, 11) is 0. The molecule has 0 aliphatic heterocycles. The van der Waals surface area contributed by atoms with Crippen molar-refractivity contribution in [2.45, 2.75) is 38.2 Å². The van der Waals surface area contributed by atoms with Crippen molar-refractivity contribution in [3.8, 4) is 22.8 Å². The molecule has 1 N–H and O–H groups in total. The molecule has 1 heterocycles. The van der Waals surface area contributed by atoms with Gasteiger partial charge in [-0.15, -0.1) is 0 Å². The van der Waals surface area contributed by atoms with Crippen molar-refractivity contribution in [2.24, 2.45) is 0 Å². The zero-order valence-corrected chi connectivity index (χ0v) is 15.1. The van der Waals surface area contributed by atoms with E-state index in [1.807, 2.05) is 0 Å². The molecule has 0 unspecified atom stereocenters. The minimum atomic E-state index is -0.998. The maximum absolute atomic E-state index is 14.3. The number of nitrogens with zero attached hydrogens (tertiary/aromatic N) is 1. The summed E-state index contributed by atoms with van der Waals surface area (Å²) in [6.07, 6.45) is 3.18. The van der Waals surface area contributed by atoms with Crippen molar-refractivity contribution in [1.82, 2.24) is 4.98 Å². The Morgan fingerprint density at radius 1 is 1.22 bits per heavy atom. The third kappa shape index (κ3) is 5.07. The Morgan fingerprint density at radius 3 is 2.52 bits per heavy atom. The summed E-state index contributed by atoms with van der Waals surface area (Å²) < 4.78 is 39.4. The number of benzene rings is 1. The van der Waals surface area contributed by atoms with Crippen molar-refractivity contribution < 1.29 is 28.2 Å². The van der Waals surface area contributed by atoms with Crippen molar-refractivity contribution in [1.29, 1.82) is 0 Å². The summed E-state index contributed by atoms with van der Waals surface area (Å²) in [5.41, 5.74) is 0.482. The molecule has 1 aliphatic carbocycles. The summed E-state index contributed by atoms with van der Waals surface area (Å²) in [4.78, 5) is 14.6. The number of carboxylic acid groups (broad SMARTS) is 1. The third-order valence-corrected chi connectivity index (χ3v) is 4.39. The topological polar surface area (TPSA) is 68.7 Å². The Bertz CT molecular complexity index is 819. The fraction of sp³-hybridized carbons (Fsp3) is 0.368. The highest BCUT2D eigenvalue weighted by Gasteiger charge is 2.20. The van der Waals surface area contributed by atoms with Crippen LogP contribution in [0.1, 0.15) is 32.1 Å². The second-order valence-corrected chi connectivity index (χ2v) is 6.68. The molecule has 0 spiro atoms. The van der Waals surface area contributed by atoms with Crippen LogP contribution >= 0.6 is 11.6 Å². The van der Waals surface area contributed by atoms with Gasteiger partial charge >= 0.3 is 5.97 Å². The maximum Gasteiger partial charge on any atom is 0.303 e. The zero-order valence-electron chi connectivity index (χ0n) is 14.4. The zero-order chi connectivity index (χ0) is 19.4. The third-order valence-electron chi connectivity index (χ3n) is 4.20. The number of rotatable bonds is 8. The van der Waals surface area contributed by atoms with Gasteiger partial charge in [0.05, 0.1) is 18.4 Å². The molecule has 0 amide bonds. The molecule has 1 aromatic heterocycles. The molecule has 1 aliphatic rings. The van der Waals surface area contributed by atoms with Crippen LogP contribution in [0.25, 0.3) is 11.3 Å². The standard InChI is InChI=1S/C19H18ClF2NO4/c20-17-10-13(27-12-3-1-4-12)9-16(23-17)11-7-14(21)19(15(22)8-11)26-6-2-5-18(24)25/h7-10,12H,1-6H2,(H,24,25). The second kappa shape index (κ2) is 8.52. The van der Waals surface area contributed by atoms with E-state index in [0.717, 1.165) is 31.4 Å². The molecule has 0 atom stereocenters. The number of hydrogen-bond acceptors (Lipinski definition) is 4. The predicted octanol–water partition coefficient (Wildman–Crippen LogP) is 4.86. The number of carbonyl (C=O) groups is 1. The number of aliphatic carboxylic acids is 1. The molecule has 1 aromatic carbocycles. The van der Waals surface area contributed by atoms with Crippen LogP contribution in [0.4, 0.5) is 8.78 Å². The monoisotopic (exact) mass is 397 g/mol. The van der Waals surface area contributed by atoms with Crippen LogP contribution in [-0.4, -0.2) is 28.8 Å². The molecule has 0 radical (unpaired) electrons. The van der Waals surface area contributed by atoms with Crippen LogP contribution in [0.5, 0.6) is 11.5 Å². The van der Waals surface area contributed by atoms with E-state index in [-0.39, 0.29) is 42.0 Å². The first-order chi connectivity index (χ1) is 12.9. The molecule has 27 heavy (non-hydrogen) atoms. The predicted molar refractivity (Wildman–Crippen MR) is 95.2 cm³/mol. The molecule has 1 saturated carbocycles. The Hall–Kier alpha value is -2.41. The Kier molecular flexibility index (Phi) is 6.11. The molecule has 144 valence electrons. The number of hydrogen-bond donors (Lipinski definition) is 1. The molecule has 3 rings (SSSR count). The Balaban J connectivity index is 1.77. The second-order valence-electron chi connectivity index (χ2n) is 6.30. The Labute approximate surface area is 159 Å². The lowest BCUT2D eigenvalue weighted by molar-refractivity contribution is -0.137. The fourth-order valence-corrected chi connectivity index (χ4v) is 2.81. The Morgan fingerprint density at radius 2 is 1.93 bits per heavy atom. The van der Waals surface area contributed by atoms with Crippen LogP contribution < -0.4 is 9.47 Å². The van der Waals surface area contributed by atoms with Gasteiger partial charge in [0.25, 0.3) is 0 Å². The van der Waals surface area contributed by atoms with Crippen LogP contribution in [0.3, 0.4) is 0 Å². The number of aromatic nitrogens is 1. The van der Waals surface area contributed by atoms with Gasteiger partial charge in [-0.05, 0) is 37.8 Å². The van der Waals surface area contributed by atoms with E-state index in [4.69, 9.17) is 26.2 Å². The van der Waals surface area contributed by atoms with Gasteiger partial charge in [-0.25, -0.2) is 13.8 Å². The van der Waals surface area contributed by atoms with E-state index in [1.165, 1.54) is 0 Å². The van der Waals surface area contributed by atoms with E-state index in [1.54, 1.807) is 12.1 Å². The van der Waals surface area contributed by atoms with Gasteiger partial charge in [-0.3, -0.25) is 4.79 Å². The van der Waals surface area contributed by atoms with Gasteiger partial charge in [0.1, 0.15) is 10.9 Å². The van der Waals surface area contributed by atoms with E-state index < -0.39 is 23.4 Å². The molecule has 0 bridgehead atoms. The van der Waals surface area contributed by atoms with Gasteiger partial charge in [0, 0.05) is 24.1 Å². The van der Waals surface area contributed by atoms with E-state index in [2.05, 4.69) is 4.98 Å².